The highest BCUT2D eigenvalue weighted by atomic mass is 35.5. The van der Waals surface area contributed by atoms with Crippen LogP contribution in [-0.4, -0.2) is 75.4 Å². The Bertz CT molecular complexity index is 1210. The smallest absolute Gasteiger partial charge is 0.271 e. The van der Waals surface area contributed by atoms with E-state index >= 15 is 0 Å². The first-order valence-electron chi connectivity index (χ1n) is 12.0. The molecule has 1 saturated carbocycles. The van der Waals surface area contributed by atoms with Gasteiger partial charge in [-0.2, -0.15) is 0 Å². The molecule has 35 heavy (non-hydrogen) atoms. The average molecular weight is 496 g/mol. The summed E-state index contributed by atoms with van der Waals surface area (Å²) < 4.78 is 7.71. The molecule has 0 bridgehead atoms. The van der Waals surface area contributed by atoms with Crippen LogP contribution in [0.25, 0.3) is 5.65 Å². The summed E-state index contributed by atoms with van der Waals surface area (Å²) in [4.78, 5) is 34.6. The van der Waals surface area contributed by atoms with Crippen LogP contribution in [0.4, 0.5) is 0 Å². The normalized spacial score (nSPS) is 20.6. The zero-order chi connectivity index (χ0) is 24.4. The fourth-order valence-electron chi connectivity index (χ4n) is 4.65. The van der Waals surface area contributed by atoms with Crippen molar-refractivity contribution < 1.29 is 14.3 Å². The molecule has 3 heterocycles. The first kappa shape index (κ1) is 23.8. The molecule has 2 aliphatic rings. The number of pyridine rings is 1. The monoisotopic (exact) mass is 495 g/mol. The minimum absolute atomic E-state index is 0.141. The molecule has 9 heteroatoms. The largest absolute Gasteiger partial charge is 0.371 e. The number of carbonyl (C=O) groups excluding carboxylic acids is 2. The number of morpholine rings is 1. The first-order valence-corrected chi connectivity index (χ1v) is 12.4. The van der Waals surface area contributed by atoms with E-state index in [0.29, 0.717) is 56.7 Å². The zero-order valence-electron chi connectivity index (χ0n) is 19.8. The fourth-order valence-corrected chi connectivity index (χ4v) is 4.91. The molecule has 3 aromatic rings. The van der Waals surface area contributed by atoms with Crippen molar-refractivity contribution in [1.82, 2.24) is 24.5 Å². The Morgan fingerprint density at radius 1 is 1.20 bits per heavy atom. The number of hydrogen-bond acceptors (Lipinski definition) is 5. The van der Waals surface area contributed by atoms with E-state index in [1.165, 1.54) is 0 Å². The van der Waals surface area contributed by atoms with Crippen molar-refractivity contribution in [2.24, 2.45) is 0 Å². The molecule has 1 unspecified atom stereocenters. The number of halogens is 1. The molecule has 0 spiro atoms. The van der Waals surface area contributed by atoms with Gasteiger partial charge in [0.15, 0.2) is 10.8 Å². The average Bonchev–Trinajstić information content (AvgIpc) is 3.63. The second-order valence-corrected chi connectivity index (χ2v) is 9.97. The molecule has 2 fully saturated rings. The van der Waals surface area contributed by atoms with Crippen LogP contribution < -0.4 is 5.32 Å². The van der Waals surface area contributed by atoms with Gasteiger partial charge in [0.2, 0.25) is 5.91 Å². The number of nitrogens with one attached hydrogen (secondary N) is 1. The molecule has 1 atom stereocenters. The van der Waals surface area contributed by atoms with Crippen LogP contribution >= 0.6 is 11.6 Å². The number of benzene rings is 1. The third-order valence-corrected chi connectivity index (χ3v) is 6.87. The van der Waals surface area contributed by atoms with Crippen molar-refractivity contribution in [2.75, 3.05) is 32.8 Å². The van der Waals surface area contributed by atoms with Crippen molar-refractivity contribution in [3.05, 3.63) is 71.1 Å². The van der Waals surface area contributed by atoms with Crippen LogP contribution in [0.15, 0.2) is 54.7 Å². The maximum absolute atomic E-state index is 13.2. The molecule has 1 saturated heterocycles. The highest BCUT2D eigenvalue weighted by Crippen LogP contribution is 2.29. The Morgan fingerprint density at radius 3 is 2.74 bits per heavy atom. The van der Waals surface area contributed by atoms with Crippen molar-refractivity contribution in [3.8, 4) is 0 Å². The van der Waals surface area contributed by atoms with Gasteiger partial charge in [-0.3, -0.25) is 18.9 Å². The Morgan fingerprint density at radius 2 is 1.97 bits per heavy atom. The van der Waals surface area contributed by atoms with Gasteiger partial charge < -0.3 is 15.0 Å². The third kappa shape index (κ3) is 5.50. The molecular formula is C26H30ClN5O3. The lowest BCUT2D eigenvalue weighted by Crippen LogP contribution is -2.57. The summed E-state index contributed by atoms with van der Waals surface area (Å²) in [5.41, 5.74) is 1.44. The number of rotatable bonds is 8. The first-order chi connectivity index (χ1) is 16.9. The van der Waals surface area contributed by atoms with Crippen molar-refractivity contribution in [3.63, 3.8) is 0 Å². The van der Waals surface area contributed by atoms with Crippen LogP contribution in [0.2, 0.25) is 5.15 Å². The summed E-state index contributed by atoms with van der Waals surface area (Å²) in [6.45, 7) is 4.96. The van der Waals surface area contributed by atoms with Gasteiger partial charge in [0.1, 0.15) is 5.65 Å². The van der Waals surface area contributed by atoms with Crippen LogP contribution in [-0.2, 0) is 16.1 Å². The molecule has 0 radical (unpaired) electrons. The van der Waals surface area contributed by atoms with Gasteiger partial charge in [-0.1, -0.05) is 48.0 Å². The molecule has 8 nitrogen and oxygen atoms in total. The van der Waals surface area contributed by atoms with E-state index in [2.05, 4.69) is 27.3 Å². The standard InChI is InChI=1S/C26H30ClN5O3/c1-26(17-28-25(34)23-24(27)29-21-9-5-6-12-31(21)23)18-30(13-14-35-26)16-22(33)32(20-10-11-20)15-19-7-3-2-4-8-19/h2-9,12,20H,10-11,13-18H2,1H3,(H,28,34). The SMILES string of the molecule is CC1(CNC(=O)c2c(Cl)nc3ccccn23)CN(CC(=O)N(Cc2ccccc2)C2CC2)CCO1. The number of imidazole rings is 1. The van der Waals surface area contributed by atoms with Gasteiger partial charge in [-0.25, -0.2) is 4.98 Å². The van der Waals surface area contributed by atoms with Gasteiger partial charge in [-0.15, -0.1) is 0 Å². The number of amides is 2. The maximum atomic E-state index is 13.2. The number of hydrogen-bond donors (Lipinski definition) is 1. The van der Waals surface area contributed by atoms with E-state index in [9.17, 15) is 9.59 Å². The van der Waals surface area contributed by atoms with Gasteiger partial charge in [0.05, 0.1) is 18.8 Å². The maximum Gasteiger partial charge on any atom is 0.271 e. The molecule has 184 valence electrons. The Kier molecular flexibility index (Phi) is 6.77. The molecule has 1 aromatic carbocycles. The second-order valence-electron chi connectivity index (χ2n) is 9.61. The molecular weight excluding hydrogens is 466 g/mol. The van der Waals surface area contributed by atoms with Crippen molar-refractivity contribution >= 4 is 29.1 Å². The van der Waals surface area contributed by atoms with Gasteiger partial charge in [-0.05, 0) is 37.5 Å². The molecule has 1 aliphatic heterocycles. The summed E-state index contributed by atoms with van der Waals surface area (Å²) in [5.74, 6) is -0.170. The van der Waals surface area contributed by atoms with E-state index in [0.717, 1.165) is 18.4 Å². The summed E-state index contributed by atoms with van der Waals surface area (Å²) >= 11 is 6.24. The van der Waals surface area contributed by atoms with E-state index in [1.807, 2.05) is 42.2 Å². The number of ether oxygens (including phenoxy) is 1. The van der Waals surface area contributed by atoms with Gasteiger partial charge in [0, 0.05) is 38.4 Å². The molecule has 5 rings (SSSR count). The third-order valence-electron chi connectivity index (χ3n) is 6.60. The van der Waals surface area contributed by atoms with E-state index in [-0.39, 0.29) is 17.0 Å². The minimum atomic E-state index is -0.620. The lowest BCUT2D eigenvalue weighted by Gasteiger charge is -2.40. The lowest BCUT2D eigenvalue weighted by atomic mass is 10.0. The van der Waals surface area contributed by atoms with Gasteiger partial charge in [0.25, 0.3) is 5.91 Å². The van der Waals surface area contributed by atoms with E-state index in [1.54, 1.807) is 16.7 Å². The number of fused-ring (bicyclic) bond motifs is 1. The highest BCUT2D eigenvalue weighted by Gasteiger charge is 2.37. The number of nitrogens with zero attached hydrogens (tertiary/aromatic N) is 4. The zero-order valence-corrected chi connectivity index (χ0v) is 20.6. The topological polar surface area (TPSA) is 79.2 Å². The van der Waals surface area contributed by atoms with Crippen LogP contribution in [0.1, 0.15) is 35.8 Å². The van der Waals surface area contributed by atoms with Crippen LogP contribution in [0, 0.1) is 0 Å². The summed E-state index contributed by atoms with van der Waals surface area (Å²) in [7, 11) is 0. The fraction of sp³-hybridized carbons (Fsp3) is 0.423. The molecule has 1 aliphatic carbocycles. The second kappa shape index (κ2) is 9.97. The summed E-state index contributed by atoms with van der Waals surface area (Å²) in [5, 5.41) is 3.12. The Labute approximate surface area is 209 Å². The van der Waals surface area contributed by atoms with E-state index < -0.39 is 5.60 Å². The predicted molar refractivity (Wildman–Crippen MR) is 133 cm³/mol. The Balaban J connectivity index is 1.19. The molecule has 1 N–H and O–H groups in total. The minimum Gasteiger partial charge on any atom is -0.371 e. The van der Waals surface area contributed by atoms with Crippen LogP contribution in [0.3, 0.4) is 0 Å². The highest BCUT2D eigenvalue weighted by molar-refractivity contribution is 6.32. The predicted octanol–water partition coefficient (Wildman–Crippen LogP) is 3.00. The van der Waals surface area contributed by atoms with E-state index in [4.69, 9.17) is 16.3 Å². The Hall–Kier alpha value is -2.94. The van der Waals surface area contributed by atoms with Crippen molar-refractivity contribution in [2.45, 2.75) is 38.0 Å². The summed E-state index contributed by atoms with van der Waals surface area (Å²) in [6.07, 6.45) is 3.89. The van der Waals surface area contributed by atoms with Crippen LogP contribution in [0.5, 0.6) is 0 Å². The van der Waals surface area contributed by atoms with Gasteiger partial charge >= 0.3 is 0 Å². The van der Waals surface area contributed by atoms with Crippen molar-refractivity contribution in [1.29, 1.82) is 0 Å². The molecule has 2 amide bonds. The quantitative estimate of drug-likeness (QED) is 0.519. The molecule has 2 aromatic heterocycles. The number of carbonyl (C=O) groups is 2. The number of aromatic nitrogens is 2. The summed E-state index contributed by atoms with van der Waals surface area (Å²) in [6, 6.07) is 15.9. The lowest BCUT2D eigenvalue weighted by molar-refractivity contribution is -0.139.